The SMILES string of the molecule is CC1(C)O[C@H]2[C@H](n3ccc4c(N)ncnc43)CC3(CC(Cc4ccn5ccnc5c4)C3)[C@H]2O1.Nc1ncnc2c1ccn2[C@@H]1CC2(CC(Cc3ccn4ccnc4c3)C2)[C@@H](O)[C@H]1O.Nc1ncnc2c1ccn2[C@@H]1CC2(CC(Cc3ccn4ccnc4c3)C2)[C@@H](O)[C@H]1O. The highest BCUT2D eigenvalue weighted by molar-refractivity contribution is 5.87. The Bertz CT molecular complexity index is 4600. The third kappa shape index (κ3) is 9.64. The van der Waals surface area contributed by atoms with Gasteiger partial charge in [-0.3, -0.25) is 0 Å². The van der Waals surface area contributed by atoms with E-state index in [-0.39, 0.29) is 46.6 Å². The molecule has 9 atom stereocenters. The van der Waals surface area contributed by atoms with Gasteiger partial charge in [0.15, 0.2) is 5.79 Å². The minimum Gasteiger partial charge on any atom is -0.390 e. The lowest BCUT2D eigenvalue weighted by Gasteiger charge is -2.49. The van der Waals surface area contributed by atoms with Gasteiger partial charge in [0, 0.05) is 90.6 Å². The molecule has 6 aliphatic carbocycles. The second-order valence-electron chi connectivity index (χ2n) is 28.6. The number of aromatic nitrogens is 15. The van der Waals surface area contributed by atoms with Crippen LogP contribution in [0.3, 0.4) is 0 Å². The maximum atomic E-state index is 10.9. The zero-order valence-corrected chi connectivity index (χ0v) is 51.8. The fourth-order valence-electron chi connectivity index (χ4n) is 18.4. The Hall–Kier alpha value is -8.91. The van der Waals surface area contributed by atoms with Gasteiger partial charge in [-0.15, -0.1) is 0 Å². The van der Waals surface area contributed by atoms with E-state index in [1.54, 1.807) is 18.7 Å². The van der Waals surface area contributed by atoms with Crippen molar-refractivity contribution in [3.8, 4) is 0 Å². The summed E-state index contributed by atoms with van der Waals surface area (Å²) in [4.78, 5) is 38.6. The van der Waals surface area contributed by atoms with Gasteiger partial charge in [0.2, 0.25) is 0 Å². The smallest absolute Gasteiger partial charge is 0.163 e. The predicted octanol–water partition coefficient (Wildman–Crippen LogP) is 7.70. The van der Waals surface area contributed by atoms with E-state index >= 15 is 0 Å². The largest absolute Gasteiger partial charge is 0.390 e. The molecule has 0 radical (unpaired) electrons. The number of nitrogens with zero attached hydrogens (tertiary/aromatic N) is 15. The summed E-state index contributed by atoms with van der Waals surface area (Å²) in [5.41, 5.74) is 26.8. The first-order valence-electron chi connectivity index (χ1n) is 32.5. The molecule has 0 aromatic carbocycles. The molecule has 1 saturated heterocycles. The molecule has 12 aromatic heterocycles. The summed E-state index contributed by atoms with van der Waals surface area (Å²) >= 11 is 0. The molecule has 1 aliphatic heterocycles. The lowest BCUT2D eigenvalue weighted by molar-refractivity contribution is -0.181. The monoisotopic (exact) mass is 1250 g/mol. The topological polar surface area (TPSA) is 321 Å². The van der Waals surface area contributed by atoms with Gasteiger partial charge in [0.25, 0.3) is 0 Å². The first kappa shape index (κ1) is 58.0. The van der Waals surface area contributed by atoms with Crippen LogP contribution in [0.4, 0.5) is 17.5 Å². The Morgan fingerprint density at radius 2 is 0.774 bits per heavy atom. The van der Waals surface area contributed by atoms with Gasteiger partial charge in [-0.2, -0.15) is 0 Å². The van der Waals surface area contributed by atoms with E-state index < -0.39 is 30.2 Å². The van der Waals surface area contributed by atoms with Crippen LogP contribution in [0.5, 0.6) is 0 Å². The van der Waals surface area contributed by atoms with Gasteiger partial charge in [0.1, 0.15) is 88.6 Å². The lowest BCUT2D eigenvalue weighted by atomic mass is 9.58. The Kier molecular flexibility index (Phi) is 13.4. The van der Waals surface area contributed by atoms with Crippen molar-refractivity contribution in [2.45, 2.75) is 151 Å². The average molecular weight is 1250 g/mol. The van der Waals surface area contributed by atoms with E-state index in [2.05, 4.69) is 103 Å². The summed E-state index contributed by atoms with van der Waals surface area (Å²) in [6.45, 7) is 4.06. The van der Waals surface area contributed by atoms with Gasteiger partial charge in [-0.25, -0.2) is 44.9 Å². The molecular weight excluding hydrogens is 1180 g/mol. The van der Waals surface area contributed by atoms with Crippen LogP contribution in [0.1, 0.15) is 106 Å². The van der Waals surface area contributed by atoms with Gasteiger partial charge in [0.05, 0.1) is 52.6 Å². The van der Waals surface area contributed by atoms with E-state index in [0.29, 0.717) is 46.5 Å². The number of rotatable bonds is 9. The third-order valence-corrected chi connectivity index (χ3v) is 22.5. The number of pyridine rings is 3. The quantitative estimate of drug-likeness (QED) is 0.0728. The van der Waals surface area contributed by atoms with Crippen molar-refractivity contribution in [2.24, 2.45) is 34.0 Å². The molecule has 24 nitrogen and oxygen atoms in total. The zero-order chi connectivity index (χ0) is 63.3. The van der Waals surface area contributed by atoms with Gasteiger partial charge in [-0.05, 0) is 180 Å². The molecule has 7 fully saturated rings. The molecule has 3 spiro atoms. The molecule has 13 heterocycles. The van der Waals surface area contributed by atoms with Crippen LogP contribution < -0.4 is 17.2 Å². The predicted molar refractivity (Wildman–Crippen MR) is 347 cm³/mol. The molecular formula is C69H76N18O6. The zero-order valence-electron chi connectivity index (χ0n) is 51.8. The molecule has 6 saturated carbocycles. The maximum Gasteiger partial charge on any atom is 0.163 e. The number of fused-ring (bicyclic) bond motifs is 8. The minimum absolute atomic E-state index is 0.00834. The summed E-state index contributed by atoms with van der Waals surface area (Å²) in [7, 11) is 0. The Morgan fingerprint density at radius 1 is 0.419 bits per heavy atom. The summed E-state index contributed by atoms with van der Waals surface area (Å²) in [5, 5.41) is 46.1. The van der Waals surface area contributed by atoms with Crippen molar-refractivity contribution in [1.29, 1.82) is 0 Å². The highest BCUT2D eigenvalue weighted by Crippen LogP contribution is 2.65. The van der Waals surface area contributed by atoms with E-state index in [1.807, 2.05) is 99.6 Å². The minimum atomic E-state index is -0.820. The molecule has 0 amide bonds. The number of ether oxygens (including phenoxy) is 2. The van der Waals surface area contributed by atoms with E-state index in [1.165, 1.54) is 29.3 Å². The molecule has 24 heteroatoms. The first-order valence-corrected chi connectivity index (χ1v) is 32.5. The number of aliphatic hydroxyl groups excluding tert-OH is 4. The second kappa shape index (κ2) is 21.6. The van der Waals surface area contributed by atoms with Gasteiger partial charge in [-0.1, -0.05) is 0 Å². The highest BCUT2D eigenvalue weighted by Gasteiger charge is 2.66. The molecule has 19 rings (SSSR count). The van der Waals surface area contributed by atoms with Crippen LogP contribution in [0.15, 0.2) is 148 Å². The third-order valence-electron chi connectivity index (χ3n) is 22.5. The Morgan fingerprint density at radius 3 is 1.16 bits per heavy atom. The molecule has 12 aromatic rings. The van der Waals surface area contributed by atoms with Crippen LogP contribution in [0.2, 0.25) is 0 Å². The van der Waals surface area contributed by atoms with Crippen LogP contribution >= 0.6 is 0 Å². The van der Waals surface area contributed by atoms with Gasteiger partial charge >= 0.3 is 0 Å². The number of anilines is 3. The number of nitrogen functional groups attached to an aromatic ring is 3. The van der Waals surface area contributed by atoms with Gasteiger partial charge < -0.3 is 74.0 Å². The summed E-state index contributed by atoms with van der Waals surface area (Å²) < 4.78 is 25.2. The van der Waals surface area contributed by atoms with Crippen molar-refractivity contribution in [3.05, 3.63) is 165 Å². The number of nitrogens with two attached hydrogens (primary N) is 3. The molecule has 10 N–H and O–H groups in total. The normalized spacial score (nSPS) is 31.5. The van der Waals surface area contributed by atoms with Crippen molar-refractivity contribution in [1.82, 2.24) is 71.8 Å². The van der Waals surface area contributed by atoms with Crippen LogP contribution in [-0.4, -0.2) is 135 Å². The number of aliphatic hydroxyl groups is 4. The van der Waals surface area contributed by atoms with Crippen LogP contribution in [0.25, 0.3) is 50.0 Å². The van der Waals surface area contributed by atoms with Crippen molar-refractivity contribution >= 4 is 67.5 Å². The highest BCUT2D eigenvalue weighted by atomic mass is 16.8. The van der Waals surface area contributed by atoms with E-state index in [0.717, 1.165) is 116 Å². The average Bonchev–Trinajstić information content (AvgIpc) is 1.58. The Labute approximate surface area is 534 Å². The first-order chi connectivity index (χ1) is 45.0. The fraction of sp³-hybridized carbons (Fsp3) is 0.435. The van der Waals surface area contributed by atoms with Crippen molar-refractivity contribution < 1.29 is 29.9 Å². The van der Waals surface area contributed by atoms with Crippen LogP contribution in [0, 0.1) is 34.0 Å². The summed E-state index contributed by atoms with van der Waals surface area (Å²) in [5.74, 6) is 2.46. The molecule has 93 heavy (non-hydrogen) atoms. The van der Waals surface area contributed by atoms with Crippen molar-refractivity contribution in [3.63, 3.8) is 0 Å². The van der Waals surface area contributed by atoms with Crippen LogP contribution in [-0.2, 0) is 28.7 Å². The number of hydrogen-bond acceptors (Lipinski definition) is 18. The summed E-state index contributed by atoms with van der Waals surface area (Å²) in [6.07, 6.45) is 36.3. The van der Waals surface area contributed by atoms with E-state index in [9.17, 15) is 20.4 Å². The maximum absolute atomic E-state index is 10.9. The standard InChI is InChI=1S/C25H28N6O2.2C22H24N6O2/c1-24(2)32-20-18(31-7-4-17-22(26)28-14-29-23(17)31)13-25(21(20)33-24)11-16(12-25)9-15-3-6-30-8-5-27-19(30)10-15;2*23-20-15-2-5-28(21(15)26-12-25-20)16-11-22(19(30)18(16)29)9-14(10-22)7-13-1-4-27-6-3-24-17(27)8-13/h3-8,10,14,16,18,20-21H,9,11-13H2,1-2H3,(H2,26,28,29);2*1-6,8,12,14,16,18-19,29-30H,7,9-11H2,(H2,23,25,26)/t16?,18-,20+,21+,25?;2*14?,16-,18+,19+,22?/m111/s1. The Balaban J connectivity index is 0.000000107. The second-order valence-corrected chi connectivity index (χ2v) is 28.6. The lowest BCUT2D eigenvalue weighted by Crippen LogP contribution is -2.46. The molecule has 0 bridgehead atoms. The molecule has 7 aliphatic rings. The number of hydrogen-bond donors (Lipinski definition) is 7. The molecule has 0 unspecified atom stereocenters. The van der Waals surface area contributed by atoms with Crippen molar-refractivity contribution in [2.75, 3.05) is 17.2 Å². The summed E-state index contributed by atoms with van der Waals surface area (Å²) in [6, 6.07) is 18.5. The number of imidazole rings is 3. The van der Waals surface area contributed by atoms with E-state index in [4.69, 9.17) is 26.7 Å². The molecule has 478 valence electrons. The fourth-order valence-corrected chi connectivity index (χ4v) is 18.4.